The molecule has 1 unspecified atom stereocenters. The number of nitrogens with zero attached hydrogens (tertiary/aromatic N) is 1. The monoisotopic (exact) mass is 317 g/mol. The second-order valence-corrected chi connectivity index (χ2v) is 5.40. The first-order chi connectivity index (χ1) is 9.60. The van der Waals surface area contributed by atoms with Gasteiger partial charge in [0, 0.05) is 25.6 Å². The van der Waals surface area contributed by atoms with Crippen LogP contribution in [0.2, 0.25) is 10.0 Å². The average molecular weight is 318 g/mol. The van der Waals surface area contributed by atoms with E-state index in [2.05, 4.69) is 0 Å². The van der Waals surface area contributed by atoms with E-state index >= 15 is 0 Å². The highest BCUT2D eigenvalue weighted by Crippen LogP contribution is 2.28. The van der Waals surface area contributed by atoms with E-state index in [0.29, 0.717) is 35.5 Å². The third-order valence-corrected chi connectivity index (χ3v) is 3.86. The van der Waals surface area contributed by atoms with Gasteiger partial charge < -0.3 is 14.4 Å². The van der Waals surface area contributed by atoms with Crippen molar-refractivity contribution in [3.05, 3.63) is 28.2 Å². The molecule has 1 amide bonds. The topological polar surface area (TPSA) is 38.8 Å². The summed E-state index contributed by atoms with van der Waals surface area (Å²) < 4.78 is 10.9. The Kier molecular flexibility index (Phi) is 5.52. The molecule has 0 aromatic heterocycles. The number of rotatable bonds is 5. The normalized spacial score (nSPS) is 18.4. The maximum absolute atomic E-state index is 11.8. The van der Waals surface area contributed by atoms with Gasteiger partial charge >= 0.3 is 0 Å². The van der Waals surface area contributed by atoms with Gasteiger partial charge in [-0.15, -0.1) is 0 Å². The lowest BCUT2D eigenvalue weighted by Crippen LogP contribution is -2.33. The molecule has 1 atom stereocenters. The van der Waals surface area contributed by atoms with E-state index in [1.807, 2.05) is 6.92 Å². The molecule has 0 radical (unpaired) electrons. The number of hydrogen-bond donors (Lipinski definition) is 0. The van der Waals surface area contributed by atoms with Crippen molar-refractivity contribution >= 4 is 29.1 Å². The Morgan fingerprint density at radius 2 is 2.20 bits per heavy atom. The zero-order chi connectivity index (χ0) is 14.5. The molecule has 6 heteroatoms. The number of benzene rings is 1. The molecule has 0 saturated carbocycles. The number of amides is 1. The van der Waals surface area contributed by atoms with E-state index in [0.717, 1.165) is 6.42 Å². The van der Waals surface area contributed by atoms with Gasteiger partial charge in [-0.05, 0) is 19.1 Å². The highest BCUT2D eigenvalue weighted by Gasteiger charge is 2.27. The standard InChI is InChI=1S/C14H17Cl2NO3/c1-2-19-9-14(18)17-6-5-11(8-17)20-10-3-4-12(15)13(16)7-10/h3-4,7,11H,2,5-6,8-9H2,1H3. The van der Waals surface area contributed by atoms with Gasteiger partial charge in [0.1, 0.15) is 18.5 Å². The Morgan fingerprint density at radius 3 is 2.90 bits per heavy atom. The fourth-order valence-corrected chi connectivity index (χ4v) is 2.36. The average Bonchev–Trinajstić information content (AvgIpc) is 2.89. The maximum Gasteiger partial charge on any atom is 0.248 e. The molecule has 20 heavy (non-hydrogen) atoms. The highest BCUT2D eigenvalue weighted by molar-refractivity contribution is 6.42. The van der Waals surface area contributed by atoms with Crippen LogP contribution in [0.5, 0.6) is 5.75 Å². The third kappa shape index (κ3) is 4.01. The molecule has 0 spiro atoms. The van der Waals surface area contributed by atoms with Crippen molar-refractivity contribution in [2.45, 2.75) is 19.4 Å². The summed E-state index contributed by atoms with van der Waals surface area (Å²) in [5, 5.41) is 0.963. The molecular weight excluding hydrogens is 301 g/mol. The number of carbonyl (C=O) groups excluding carboxylic acids is 1. The third-order valence-electron chi connectivity index (χ3n) is 3.12. The molecule has 1 aromatic rings. The van der Waals surface area contributed by atoms with Crippen LogP contribution in [0.1, 0.15) is 13.3 Å². The summed E-state index contributed by atoms with van der Waals surface area (Å²) in [5.74, 6) is 0.676. The van der Waals surface area contributed by atoms with Crippen molar-refractivity contribution in [1.82, 2.24) is 4.90 Å². The molecule has 0 aliphatic carbocycles. The Balaban J connectivity index is 1.86. The van der Waals surface area contributed by atoms with Crippen LogP contribution in [0, 0.1) is 0 Å². The lowest BCUT2D eigenvalue weighted by Gasteiger charge is -2.17. The summed E-state index contributed by atoms with van der Waals surface area (Å²) >= 11 is 11.8. The lowest BCUT2D eigenvalue weighted by atomic mass is 10.3. The molecule has 1 aliphatic rings. The number of ether oxygens (including phenoxy) is 2. The van der Waals surface area contributed by atoms with Crippen molar-refractivity contribution < 1.29 is 14.3 Å². The summed E-state index contributed by atoms with van der Waals surface area (Å²) in [6.07, 6.45) is 0.788. The molecule has 4 nitrogen and oxygen atoms in total. The molecule has 1 aromatic carbocycles. The Labute approximate surface area is 128 Å². The predicted molar refractivity (Wildman–Crippen MR) is 78.6 cm³/mol. The van der Waals surface area contributed by atoms with Crippen LogP contribution in [-0.2, 0) is 9.53 Å². The van der Waals surface area contributed by atoms with Crippen LogP contribution in [0.15, 0.2) is 18.2 Å². The minimum atomic E-state index is -0.0159. The van der Waals surface area contributed by atoms with Crippen molar-refractivity contribution in [3.63, 3.8) is 0 Å². The van der Waals surface area contributed by atoms with Gasteiger partial charge in [-0.1, -0.05) is 23.2 Å². The molecule has 1 saturated heterocycles. The molecule has 1 heterocycles. The quantitative estimate of drug-likeness (QED) is 0.838. The van der Waals surface area contributed by atoms with Crippen LogP contribution in [0.3, 0.4) is 0 Å². The summed E-state index contributed by atoms with van der Waals surface area (Å²) in [4.78, 5) is 13.6. The first kappa shape index (κ1) is 15.4. The molecule has 0 bridgehead atoms. The Bertz CT molecular complexity index is 481. The van der Waals surface area contributed by atoms with E-state index in [-0.39, 0.29) is 18.6 Å². The number of halogens is 2. The molecule has 1 fully saturated rings. The van der Waals surface area contributed by atoms with E-state index in [4.69, 9.17) is 32.7 Å². The zero-order valence-corrected chi connectivity index (χ0v) is 12.8. The second-order valence-electron chi connectivity index (χ2n) is 4.58. The van der Waals surface area contributed by atoms with E-state index < -0.39 is 0 Å². The van der Waals surface area contributed by atoms with Crippen molar-refractivity contribution in [2.24, 2.45) is 0 Å². The summed E-state index contributed by atoms with van der Waals surface area (Å²) in [5.41, 5.74) is 0. The first-order valence-electron chi connectivity index (χ1n) is 6.57. The Morgan fingerprint density at radius 1 is 1.40 bits per heavy atom. The van der Waals surface area contributed by atoms with Crippen LogP contribution < -0.4 is 4.74 Å². The second kappa shape index (κ2) is 7.16. The highest BCUT2D eigenvalue weighted by atomic mass is 35.5. The van der Waals surface area contributed by atoms with Gasteiger partial charge in [0.05, 0.1) is 16.6 Å². The van der Waals surface area contributed by atoms with Crippen molar-refractivity contribution in [2.75, 3.05) is 26.3 Å². The predicted octanol–water partition coefficient (Wildman–Crippen LogP) is 3.01. The van der Waals surface area contributed by atoms with E-state index in [1.165, 1.54) is 0 Å². The largest absolute Gasteiger partial charge is 0.488 e. The van der Waals surface area contributed by atoms with Gasteiger partial charge in [-0.25, -0.2) is 0 Å². The van der Waals surface area contributed by atoms with Crippen LogP contribution in [0.4, 0.5) is 0 Å². The minimum absolute atomic E-state index is 0.00656. The van der Waals surface area contributed by atoms with Crippen LogP contribution >= 0.6 is 23.2 Å². The number of likely N-dealkylation sites (tertiary alicyclic amines) is 1. The van der Waals surface area contributed by atoms with Gasteiger partial charge in [0.25, 0.3) is 0 Å². The van der Waals surface area contributed by atoms with E-state index in [9.17, 15) is 4.79 Å². The van der Waals surface area contributed by atoms with Gasteiger partial charge in [-0.3, -0.25) is 4.79 Å². The molecule has 1 aliphatic heterocycles. The SMILES string of the molecule is CCOCC(=O)N1CCC(Oc2ccc(Cl)c(Cl)c2)C1. The van der Waals surface area contributed by atoms with Gasteiger partial charge in [-0.2, -0.15) is 0 Å². The summed E-state index contributed by atoms with van der Waals surface area (Å²) in [7, 11) is 0. The van der Waals surface area contributed by atoms with Gasteiger partial charge in [0.15, 0.2) is 0 Å². The van der Waals surface area contributed by atoms with E-state index in [1.54, 1.807) is 23.1 Å². The first-order valence-corrected chi connectivity index (χ1v) is 7.33. The lowest BCUT2D eigenvalue weighted by molar-refractivity contribution is -0.135. The van der Waals surface area contributed by atoms with Crippen molar-refractivity contribution in [1.29, 1.82) is 0 Å². The summed E-state index contributed by atoms with van der Waals surface area (Å²) in [6, 6.07) is 5.17. The smallest absolute Gasteiger partial charge is 0.248 e. The minimum Gasteiger partial charge on any atom is -0.488 e. The fraction of sp³-hybridized carbons (Fsp3) is 0.500. The molecule has 110 valence electrons. The fourth-order valence-electron chi connectivity index (χ4n) is 2.07. The number of hydrogen-bond acceptors (Lipinski definition) is 3. The van der Waals surface area contributed by atoms with Crippen molar-refractivity contribution in [3.8, 4) is 5.75 Å². The van der Waals surface area contributed by atoms with Crippen LogP contribution in [-0.4, -0.2) is 43.2 Å². The summed E-state index contributed by atoms with van der Waals surface area (Å²) in [6.45, 7) is 3.82. The Hall–Kier alpha value is -0.970. The molecule has 0 N–H and O–H groups in total. The molecule has 2 rings (SSSR count). The number of carbonyl (C=O) groups is 1. The van der Waals surface area contributed by atoms with Gasteiger partial charge in [0.2, 0.25) is 5.91 Å². The zero-order valence-electron chi connectivity index (χ0n) is 11.3. The molecular formula is C14H17Cl2NO3. The maximum atomic E-state index is 11.8. The van der Waals surface area contributed by atoms with Crippen LogP contribution in [0.25, 0.3) is 0 Å².